The fourth-order valence-electron chi connectivity index (χ4n) is 5.86. The van der Waals surface area contributed by atoms with E-state index in [1.54, 1.807) is 40.5 Å². The topological polar surface area (TPSA) is 105 Å². The number of nitrogens with zero attached hydrogens (tertiary/aromatic N) is 5. The Hall–Kier alpha value is -5.75. The molecule has 1 heterocycles. The predicted octanol–water partition coefficient (Wildman–Crippen LogP) is 9.08. The summed E-state index contributed by atoms with van der Waals surface area (Å²) < 4.78 is 33.7. The van der Waals surface area contributed by atoms with Gasteiger partial charge >= 0.3 is 0 Å². The molecule has 12 heteroatoms. The van der Waals surface area contributed by atoms with Crippen molar-refractivity contribution >= 4 is 34.6 Å². The van der Waals surface area contributed by atoms with Crippen LogP contribution in [0, 0.1) is 23.5 Å². The van der Waals surface area contributed by atoms with Gasteiger partial charge in [0.15, 0.2) is 0 Å². The average molecular weight is 785 g/mol. The summed E-state index contributed by atoms with van der Waals surface area (Å²) in [4.78, 5) is 40.5. The average Bonchev–Trinajstić information content (AvgIpc) is 3.73. The highest BCUT2D eigenvalue weighted by atomic mass is 19.1. The zero-order valence-corrected chi connectivity index (χ0v) is 34.7. The molecule has 2 N–H and O–H groups in total. The molecule has 0 aliphatic carbocycles. The number of amides is 2. The Morgan fingerprint density at radius 1 is 0.719 bits per heavy atom. The van der Waals surface area contributed by atoms with E-state index in [2.05, 4.69) is 14.9 Å². The van der Waals surface area contributed by atoms with Gasteiger partial charge in [0, 0.05) is 68.7 Å². The Labute approximate surface area is 336 Å². The van der Waals surface area contributed by atoms with Crippen molar-refractivity contribution < 1.29 is 28.2 Å². The number of benzene rings is 4. The number of nitrogens with one attached hydrogen (secondary N) is 1. The van der Waals surface area contributed by atoms with Crippen molar-refractivity contribution in [1.82, 2.24) is 9.97 Å². The summed E-state index contributed by atoms with van der Waals surface area (Å²) in [6, 6.07) is 25.5. The highest BCUT2D eigenvalue weighted by Gasteiger charge is 2.24. The first-order chi connectivity index (χ1) is 27.3. The number of aromatic nitrogens is 2. The minimum absolute atomic E-state index is 0.0210. The van der Waals surface area contributed by atoms with Crippen molar-refractivity contribution in [3.63, 3.8) is 0 Å². The predicted molar refractivity (Wildman–Crippen MR) is 228 cm³/mol. The number of H-pyrrole nitrogens is 1. The molecule has 0 unspecified atom stereocenters. The number of anilines is 4. The van der Waals surface area contributed by atoms with Gasteiger partial charge in [-0.3, -0.25) is 9.59 Å². The van der Waals surface area contributed by atoms with Crippen LogP contribution in [0.2, 0.25) is 0 Å². The lowest BCUT2D eigenvalue weighted by molar-refractivity contribution is 0.0972. The molecular weight excluding hydrogens is 727 g/mol. The minimum atomic E-state index is -0.597. The number of hydrogen-bond acceptors (Lipinski definition) is 7. The van der Waals surface area contributed by atoms with Gasteiger partial charge in [-0.05, 0) is 72.5 Å². The van der Waals surface area contributed by atoms with Gasteiger partial charge in [0.2, 0.25) is 0 Å². The lowest BCUT2D eigenvalue weighted by Crippen LogP contribution is -2.35. The molecule has 306 valence electrons. The molecule has 1 aromatic heterocycles. The van der Waals surface area contributed by atoms with Crippen LogP contribution in [0.25, 0.3) is 0 Å². The lowest BCUT2D eigenvalue weighted by atomic mass is 10.1. The number of carbonyl (C=O) groups is 2. The zero-order chi connectivity index (χ0) is 42.1. The Morgan fingerprint density at radius 2 is 1.25 bits per heavy atom. The second-order valence-electron chi connectivity index (χ2n) is 14.1. The molecule has 0 atom stereocenters. The molecule has 5 aromatic rings. The van der Waals surface area contributed by atoms with Crippen LogP contribution in [0.4, 0.5) is 31.5 Å². The molecule has 5 rings (SSSR count). The zero-order valence-electron chi connectivity index (χ0n) is 34.7. The number of aliphatic hydroxyl groups excluding tert-OH is 1. The summed E-state index contributed by atoms with van der Waals surface area (Å²) in [5.74, 6) is -1.03. The maximum absolute atomic E-state index is 14.6. The van der Waals surface area contributed by atoms with Gasteiger partial charge in [0.25, 0.3) is 11.8 Å². The van der Waals surface area contributed by atoms with Gasteiger partial charge in [-0.15, -0.1) is 0 Å². The summed E-state index contributed by atoms with van der Waals surface area (Å²) in [5.41, 5.74) is 4.34. The van der Waals surface area contributed by atoms with Gasteiger partial charge < -0.3 is 34.4 Å². The van der Waals surface area contributed by atoms with Gasteiger partial charge in [-0.2, -0.15) is 0 Å². The third-order valence-electron chi connectivity index (χ3n) is 8.66. The normalized spacial score (nSPS) is 10.6. The van der Waals surface area contributed by atoms with Crippen molar-refractivity contribution in [2.75, 3.05) is 67.0 Å². The number of ether oxygens (including phenoxy) is 1. The second kappa shape index (κ2) is 22.7. The van der Waals surface area contributed by atoms with Crippen molar-refractivity contribution in [2.45, 2.75) is 48.1 Å². The van der Waals surface area contributed by atoms with Crippen LogP contribution < -0.4 is 24.3 Å². The molecule has 0 radical (unpaired) electrons. The van der Waals surface area contributed by atoms with Gasteiger partial charge in [0.05, 0.1) is 43.4 Å². The standard InChI is InChI=1S/C23H27FN4O2.C20H25FN2O2.C2H6/c1-16(2)13-28(23(29)21-9-8-20(30-4)11-22(21)24)19-7-5-6-18(10-19)27(3)14-17-12-25-15-26-17;1-15(2)14-23(20(25)18-9-4-5-10-19(18)21)17-8-6-7-16(13-17)22(3)11-12-24;1-2/h5-12,15-16H,13-14H2,1-4H3,(H,25,26);4-10,13,15,24H,11-12,14H2,1-3H3;1-2H3. The van der Waals surface area contributed by atoms with E-state index < -0.39 is 11.6 Å². The van der Waals surface area contributed by atoms with Crippen LogP contribution in [0.15, 0.2) is 104 Å². The molecule has 10 nitrogen and oxygen atoms in total. The van der Waals surface area contributed by atoms with E-state index >= 15 is 0 Å². The maximum Gasteiger partial charge on any atom is 0.261 e. The number of hydrogen-bond donors (Lipinski definition) is 2. The van der Waals surface area contributed by atoms with Crippen LogP contribution in [0.1, 0.15) is 68.0 Å². The lowest BCUT2D eigenvalue weighted by Gasteiger charge is -2.27. The summed E-state index contributed by atoms with van der Waals surface area (Å²) in [6.07, 6.45) is 3.42. The molecule has 0 aliphatic heterocycles. The van der Waals surface area contributed by atoms with Gasteiger partial charge in [0.1, 0.15) is 17.4 Å². The van der Waals surface area contributed by atoms with Crippen LogP contribution in [0.3, 0.4) is 0 Å². The molecule has 4 aromatic carbocycles. The SMILES string of the molecule is CC.CC(C)CN(C(=O)c1ccccc1F)c1cccc(N(C)CCO)c1.COc1ccc(C(=O)N(CC(C)C)c2cccc(N(C)Cc3cnc[nH]3)c2)c(F)c1. The number of carbonyl (C=O) groups excluding carboxylic acids is 2. The molecule has 0 saturated heterocycles. The summed E-state index contributed by atoms with van der Waals surface area (Å²) in [5, 5.41) is 9.11. The Balaban J connectivity index is 0.000000297. The van der Waals surface area contributed by atoms with Crippen molar-refractivity contribution in [2.24, 2.45) is 11.8 Å². The van der Waals surface area contributed by atoms with Gasteiger partial charge in [-0.1, -0.05) is 65.8 Å². The first kappa shape index (κ1) is 45.6. The number of halogens is 2. The third-order valence-corrected chi connectivity index (χ3v) is 8.66. The largest absolute Gasteiger partial charge is 0.497 e. The quantitative estimate of drug-likeness (QED) is 0.109. The molecule has 0 aliphatic rings. The fraction of sp³-hybridized carbons (Fsp3) is 0.356. The second-order valence-corrected chi connectivity index (χ2v) is 14.1. The number of aromatic amines is 1. The number of aliphatic hydroxyl groups is 1. The Kier molecular flexibility index (Phi) is 18.2. The van der Waals surface area contributed by atoms with Crippen molar-refractivity contribution in [3.8, 4) is 5.75 Å². The molecule has 2 amide bonds. The van der Waals surface area contributed by atoms with Crippen LogP contribution in [0.5, 0.6) is 5.75 Å². The van der Waals surface area contributed by atoms with Crippen molar-refractivity contribution in [3.05, 3.63) is 132 Å². The van der Waals surface area contributed by atoms with Gasteiger partial charge in [-0.25, -0.2) is 13.8 Å². The van der Waals surface area contributed by atoms with E-state index in [-0.39, 0.29) is 41.4 Å². The first-order valence-corrected chi connectivity index (χ1v) is 19.2. The van der Waals surface area contributed by atoms with Crippen LogP contribution >= 0.6 is 0 Å². The summed E-state index contributed by atoms with van der Waals surface area (Å²) >= 11 is 0. The molecule has 0 fully saturated rings. The van der Waals surface area contributed by atoms with E-state index in [9.17, 15) is 18.4 Å². The fourth-order valence-corrected chi connectivity index (χ4v) is 5.86. The van der Waals surface area contributed by atoms with Crippen LogP contribution in [-0.4, -0.2) is 74.3 Å². The summed E-state index contributed by atoms with van der Waals surface area (Å²) in [6.45, 7) is 14.2. The Bertz CT molecular complexity index is 1990. The highest BCUT2D eigenvalue weighted by Crippen LogP contribution is 2.28. The third kappa shape index (κ3) is 13.2. The maximum atomic E-state index is 14.6. The molecule has 57 heavy (non-hydrogen) atoms. The number of rotatable bonds is 15. The minimum Gasteiger partial charge on any atom is -0.497 e. The molecular formula is C45H58F2N6O4. The van der Waals surface area contributed by atoms with E-state index in [0.29, 0.717) is 37.6 Å². The van der Waals surface area contributed by atoms with E-state index in [0.717, 1.165) is 22.8 Å². The number of imidazole rings is 1. The smallest absolute Gasteiger partial charge is 0.261 e. The highest BCUT2D eigenvalue weighted by molar-refractivity contribution is 6.07. The summed E-state index contributed by atoms with van der Waals surface area (Å²) in [7, 11) is 5.31. The van der Waals surface area contributed by atoms with Crippen molar-refractivity contribution in [1.29, 1.82) is 0 Å². The number of methoxy groups -OCH3 is 1. The molecule has 0 saturated carbocycles. The van der Waals surface area contributed by atoms with E-state index in [4.69, 9.17) is 9.84 Å². The molecule has 0 spiro atoms. The van der Waals surface area contributed by atoms with Crippen LogP contribution in [-0.2, 0) is 6.54 Å². The van der Waals surface area contributed by atoms with E-state index in [1.807, 2.05) is 109 Å². The molecule has 0 bridgehead atoms. The first-order valence-electron chi connectivity index (χ1n) is 19.2. The Morgan fingerprint density at radius 3 is 1.72 bits per heavy atom. The van der Waals surface area contributed by atoms with E-state index in [1.165, 1.54) is 31.4 Å². The number of likely N-dealkylation sites (N-methyl/N-ethyl adjacent to an activating group) is 1. The monoisotopic (exact) mass is 784 g/mol.